The van der Waals surface area contributed by atoms with Crippen LogP contribution in [-0.4, -0.2) is 30.6 Å². The van der Waals surface area contributed by atoms with E-state index < -0.39 is 15.4 Å². The van der Waals surface area contributed by atoms with Gasteiger partial charge in [-0.05, 0) is 44.1 Å². The molecule has 2 heterocycles. The van der Waals surface area contributed by atoms with E-state index in [1.54, 1.807) is 11.3 Å². The molecule has 0 amide bonds. The molecule has 2 rings (SSSR count). The Hall–Kier alpha value is -0.660. The smallest absolute Gasteiger partial charge is 0.171 e. The van der Waals surface area contributed by atoms with Crippen molar-refractivity contribution in [3.8, 4) is 0 Å². The minimum absolute atomic E-state index is 0.145. The van der Waals surface area contributed by atoms with Crippen LogP contribution in [0.25, 0.3) is 0 Å². The van der Waals surface area contributed by atoms with Crippen molar-refractivity contribution in [2.45, 2.75) is 32.2 Å². The van der Waals surface area contributed by atoms with Crippen LogP contribution in [0, 0.1) is 0 Å². The van der Waals surface area contributed by atoms with Crippen LogP contribution in [0.1, 0.15) is 25.1 Å². The number of thiophene rings is 1. The highest BCUT2D eigenvalue weighted by Gasteiger charge is 2.38. The summed E-state index contributed by atoms with van der Waals surface area (Å²) in [4.78, 5) is 1.29. The molecule has 0 radical (unpaired) electrons. The van der Waals surface area contributed by atoms with Gasteiger partial charge in [0.2, 0.25) is 0 Å². The monoisotopic (exact) mass is 318 g/mol. The molecule has 0 aromatic carbocycles. The van der Waals surface area contributed by atoms with Gasteiger partial charge in [-0.15, -0.1) is 11.3 Å². The van der Waals surface area contributed by atoms with Gasteiger partial charge < -0.3 is 10.6 Å². The zero-order valence-electron chi connectivity index (χ0n) is 11.0. The lowest BCUT2D eigenvalue weighted by Gasteiger charge is -2.25. The second kappa shape index (κ2) is 5.38. The van der Waals surface area contributed by atoms with E-state index in [2.05, 4.69) is 23.6 Å². The number of aryl methyl sites for hydroxylation is 1. The Bertz CT molecular complexity index is 580. The molecule has 2 N–H and O–H groups in total. The Balaban J connectivity index is 1.95. The Morgan fingerprint density at radius 2 is 2.26 bits per heavy atom. The normalized spacial score (nSPS) is 25.2. The summed E-state index contributed by atoms with van der Waals surface area (Å²) in [6, 6.07) is 4.06. The van der Waals surface area contributed by atoms with E-state index in [9.17, 15) is 8.42 Å². The van der Waals surface area contributed by atoms with E-state index in [4.69, 9.17) is 12.2 Å². The van der Waals surface area contributed by atoms with Gasteiger partial charge in [0.05, 0.1) is 22.0 Å². The summed E-state index contributed by atoms with van der Waals surface area (Å²) in [5, 5.41) is 7.73. The van der Waals surface area contributed by atoms with Crippen LogP contribution in [0.15, 0.2) is 12.1 Å². The minimum atomic E-state index is -2.92. The Morgan fingerprint density at radius 1 is 1.53 bits per heavy atom. The standard InChI is InChI=1S/C12H18N2O2S3/c1-3-9-4-5-10(18-9)13-11(17)14-12(2)6-7-19(15,16)8-12/h4-5H,3,6-8H2,1-2H3,(H2,13,14,17)/t12-/m0/s1. The lowest BCUT2D eigenvalue weighted by molar-refractivity contribution is 0.474. The molecule has 0 saturated carbocycles. The molecule has 0 aliphatic carbocycles. The van der Waals surface area contributed by atoms with Crippen LogP contribution in [0.4, 0.5) is 5.00 Å². The lowest BCUT2D eigenvalue weighted by Crippen LogP contribution is -2.48. The predicted molar refractivity (Wildman–Crippen MR) is 84.7 cm³/mol. The molecule has 0 spiro atoms. The van der Waals surface area contributed by atoms with E-state index in [0.29, 0.717) is 11.5 Å². The van der Waals surface area contributed by atoms with E-state index in [0.717, 1.165) is 11.4 Å². The third-order valence-electron chi connectivity index (χ3n) is 3.17. The fourth-order valence-corrected chi connectivity index (χ4v) is 5.53. The molecule has 1 aromatic rings. The average Bonchev–Trinajstić information content (AvgIpc) is 2.83. The van der Waals surface area contributed by atoms with E-state index in [1.807, 2.05) is 13.0 Å². The molecule has 1 atom stereocenters. The van der Waals surface area contributed by atoms with Crippen molar-refractivity contribution in [3.05, 3.63) is 17.0 Å². The third kappa shape index (κ3) is 3.90. The molecule has 0 bridgehead atoms. The van der Waals surface area contributed by atoms with Gasteiger partial charge in [0.1, 0.15) is 0 Å². The second-order valence-corrected chi connectivity index (χ2v) is 8.86. The highest BCUT2D eigenvalue weighted by molar-refractivity contribution is 7.91. The number of rotatable bonds is 3. The first kappa shape index (κ1) is 14.7. The van der Waals surface area contributed by atoms with Gasteiger partial charge in [-0.25, -0.2) is 8.42 Å². The van der Waals surface area contributed by atoms with Crippen molar-refractivity contribution < 1.29 is 8.42 Å². The molecule has 1 aliphatic heterocycles. The summed E-state index contributed by atoms with van der Waals surface area (Å²) >= 11 is 6.92. The Labute approximate surface area is 123 Å². The maximum atomic E-state index is 11.5. The average molecular weight is 318 g/mol. The van der Waals surface area contributed by atoms with Gasteiger partial charge in [0, 0.05) is 4.88 Å². The van der Waals surface area contributed by atoms with Gasteiger partial charge in [-0.1, -0.05) is 6.92 Å². The SMILES string of the molecule is CCc1ccc(NC(=S)N[C@@]2(C)CCS(=O)(=O)C2)s1. The number of nitrogens with one attached hydrogen (secondary N) is 2. The third-order valence-corrected chi connectivity index (χ3v) is 6.42. The summed E-state index contributed by atoms with van der Waals surface area (Å²) in [7, 11) is -2.92. The van der Waals surface area contributed by atoms with E-state index in [-0.39, 0.29) is 11.5 Å². The van der Waals surface area contributed by atoms with Crippen LogP contribution in [0.3, 0.4) is 0 Å². The largest absolute Gasteiger partial charge is 0.356 e. The number of hydrogen-bond donors (Lipinski definition) is 2. The van der Waals surface area contributed by atoms with Crippen molar-refractivity contribution in [2.75, 3.05) is 16.8 Å². The Morgan fingerprint density at radius 3 is 2.79 bits per heavy atom. The maximum absolute atomic E-state index is 11.5. The predicted octanol–water partition coefficient (Wildman–Crippen LogP) is 2.17. The van der Waals surface area contributed by atoms with Crippen molar-refractivity contribution in [1.29, 1.82) is 0 Å². The highest BCUT2D eigenvalue weighted by Crippen LogP contribution is 2.24. The van der Waals surface area contributed by atoms with Gasteiger partial charge in [-0.2, -0.15) is 0 Å². The molecule has 19 heavy (non-hydrogen) atoms. The highest BCUT2D eigenvalue weighted by atomic mass is 32.2. The molecule has 0 unspecified atom stereocenters. The summed E-state index contributed by atoms with van der Waals surface area (Å²) in [6.07, 6.45) is 1.60. The van der Waals surface area contributed by atoms with Crippen LogP contribution in [0.2, 0.25) is 0 Å². The summed E-state index contributed by atoms with van der Waals surface area (Å²) in [5.74, 6) is 0.380. The molecule has 1 aliphatic rings. The molecule has 1 aromatic heterocycles. The van der Waals surface area contributed by atoms with E-state index >= 15 is 0 Å². The number of sulfone groups is 1. The number of hydrogen-bond acceptors (Lipinski definition) is 4. The molecular weight excluding hydrogens is 300 g/mol. The Kier molecular flexibility index (Phi) is 4.17. The summed E-state index contributed by atoms with van der Waals surface area (Å²) in [6.45, 7) is 4.01. The van der Waals surface area contributed by atoms with Crippen molar-refractivity contribution in [2.24, 2.45) is 0 Å². The van der Waals surface area contributed by atoms with Gasteiger partial charge in [0.25, 0.3) is 0 Å². The fourth-order valence-electron chi connectivity index (χ4n) is 2.16. The topological polar surface area (TPSA) is 58.2 Å². The number of thiocarbonyl (C=S) groups is 1. The zero-order chi connectivity index (χ0) is 14.1. The molecule has 1 fully saturated rings. The van der Waals surface area contributed by atoms with Crippen molar-refractivity contribution in [1.82, 2.24) is 5.32 Å². The summed E-state index contributed by atoms with van der Waals surface area (Å²) in [5.41, 5.74) is -0.451. The van der Waals surface area contributed by atoms with Crippen molar-refractivity contribution >= 4 is 43.5 Å². The first-order valence-corrected chi connectivity index (χ1v) is 9.25. The maximum Gasteiger partial charge on any atom is 0.171 e. The van der Waals surface area contributed by atoms with Gasteiger partial charge in [-0.3, -0.25) is 0 Å². The van der Waals surface area contributed by atoms with Crippen LogP contribution < -0.4 is 10.6 Å². The molecule has 4 nitrogen and oxygen atoms in total. The zero-order valence-corrected chi connectivity index (χ0v) is 13.5. The summed E-state index contributed by atoms with van der Waals surface area (Å²) < 4.78 is 23.1. The van der Waals surface area contributed by atoms with Gasteiger partial charge in [0.15, 0.2) is 14.9 Å². The first-order chi connectivity index (χ1) is 8.82. The molecule has 1 saturated heterocycles. The van der Waals surface area contributed by atoms with Gasteiger partial charge >= 0.3 is 0 Å². The molecule has 106 valence electrons. The lowest BCUT2D eigenvalue weighted by atomic mass is 10.0. The minimum Gasteiger partial charge on any atom is -0.356 e. The van der Waals surface area contributed by atoms with E-state index in [1.165, 1.54) is 4.88 Å². The van der Waals surface area contributed by atoms with Crippen LogP contribution >= 0.6 is 23.6 Å². The first-order valence-electron chi connectivity index (χ1n) is 6.20. The van der Waals surface area contributed by atoms with Crippen LogP contribution in [-0.2, 0) is 16.3 Å². The molecular formula is C12H18N2O2S3. The number of anilines is 1. The second-order valence-electron chi connectivity index (χ2n) is 5.10. The van der Waals surface area contributed by atoms with Crippen LogP contribution in [0.5, 0.6) is 0 Å². The van der Waals surface area contributed by atoms with Crippen molar-refractivity contribution in [3.63, 3.8) is 0 Å². The molecule has 7 heteroatoms. The quantitative estimate of drug-likeness (QED) is 0.837. The fraction of sp³-hybridized carbons (Fsp3) is 0.583.